The highest BCUT2D eigenvalue weighted by molar-refractivity contribution is 6.28. The van der Waals surface area contributed by atoms with Crippen LogP contribution in [0.2, 0.25) is 0 Å². The molecule has 2 aromatic carbocycles. The molecular weight excluding hydrogens is 270 g/mol. The summed E-state index contributed by atoms with van der Waals surface area (Å²) in [6.07, 6.45) is 0.701. The summed E-state index contributed by atoms with van der Waals surface area (Å²) in [7, 11) is 0. The summed E-state index contributed by atoms with van der Waals surface area (Å²) < 4.78 is 0. The van der Waals surface area contributed by atoms with Gasteiger partial charge in [-0.25, -0.2) is 0 Å². The van der Waals surface area contributed by atoms with Gasteiger partial charge >= 0.3 is 0 Å². The van der Waals surface area contributed by atoms with Crippen LogP contribution in [-0.4, -0.2) is 5.91 Å². The van der Waals surface area contributed by atoms with E-state index >= 15 is 0 Å². The van der Waals surface area contributed by atoms with Gasteiger partial charge in [-0.05, 0) is 28.7 Å². The Bertz CT molecular complexity index is 677. The number of nitrogens with two attached hydrogens (primary N) is 1. The molecule has 0 saturated carbocycles. The van der Waals surface area contributed by atoms with Crippen LogP contribution < -0.4 is 5.73 Å². The van der Waals surface area contributed by atoms with Crippen molar-refractivity contribution in [2.45, 2.75) is 17.2 Å². The molecule has 2 bridgehead atoms. The predicted molar refractivity (Wildman–Crippen MR) is 78.7 cm³/mol. The Labute approximate surface area is 122 Å². The van der Waals surface area contributed by atoms with E-state index in [1.165, 1.54) is 11.1 Å². The van der Waals surface area contributed by atoms with Crippen LogP contribution in [0, 0.1) is 5.92 Å². The number of amides is 1. The molecule has 1 atom stereocenters. The molecule has 2 N–H and O–H groups in total. The second-order valence-electron chi connectivity index (χ2n) is 5.63. The standard InChI is InChI=1S/C17H14ClNO/c18-17-13-7-3-1-5-10(13)12(9-15(17)16(19)20)11-6-2-4-8-14(11)17/h1-8,12,15H,9H2,(H2,19,20). The molecule has 1 amide bonds. The van der Waals surface area contributed by atoms with Gasteiger partial charge in [0.05, 0.1) is 5.92 Å². The van der Waals surface area contributed by atoms with Crippen LogP contribution in [0.15, 0.2) is 48.5 Å². The third kappa shape index (κ3) is 1.27. The molecule has 3 aliphatic rings. The first-order chi connectivity index (χ1) is 9.64. The number of hydrogen-bond acceptors (Lipinski definition) is 1. The molecule has 0 saturated heterocycles. The van der Waals surface area contributed by atoms with E-state index in [1.54, 1.807) is 0 Å². The van der Waals surface area contributed by atoms with Crippen LogP contribution in [-0.2, 0) is 9.67 Å². The Morgan fingerprint density at radius 1 is 1.05 bits per heavy atom. The molecule has 3 heteroatoms. The monoisotopic (exact) mass is 283 g/mol. The molecule has 0 aromatic heterocycles. The van der Waals surface area contributed by atoms with E-state index in [0.717, 1.165) is 11.1 Å². The van der Waals surface area contributed by atoms with Crippen molar-refractivity contribution in [3.05, 3.63) is 70.8 Å². The fraction of sp³-hybridized carbons (Fsp3) is 0.235. The van der Waals surface area contributed by atoms with Crippen LogP contribution in [0.5, 0.6) is 0 Å². The highest BCUT2D eigenvalue weighted by Gasteiger charge is 2.55. The maximum absolute atomic E-state index is 11.9. The van der Waals surface area contributed by atoms with E-state index in [2.05, 4.69) is 12.1 Å². The number of hydrogen-bond donors (Lipinski definition) is 1. The van der Waals surface area contributed by atoms with Gasteiger partial charge in [0.15, 0.2) is 0 Å². The lowest BCUT2D eigenvalue weighted by molar-refractivity contribution is -0.123. The van der Waals surface area contributed by atoms with Crippen LogP contribution in [0.1, 0.15) is 34.6 Å². The van der Waals surface area contributed by atoms with Crippen molar-refractivity contribution in [2.24, 2.45) is 11.7 Å². The summed E-state index contributed by atoms with van der Waals surface area (Å²) in [6.45, 7) is 0. The zero-order valence-electron chi connectivity index (χ0n) is 10.8. The van der Waals surface area contributed by atoms with E-state index < -0.39 is 4.87 Å². The molecule has 0 fully saturated rings. The van der Waals surface area contributed by atoms with Gasteiger partial charge in [-0.1, -0.05) is 48.5 Å². The molecule has 100 valence electrons. The van der Waals surface area contributed by atoms with Gasteiger partial charge < -0.3 is 5.73 Å². The molecule has 2 nitrogen and oxygen atoms in total. The summed E-state index contributed by atoms with van der Waals surface area (Å²) >= 11 is 7.02. The first kappa shape index (κ1) is 12.0. The number of alkyl halides is 1. The van der Waals surface area contributed by atoms with Gasteiger partial charge in [-0.3, -0.25) is 4.79 Å². The van der Waals surface area contributed by atoms with E-state index in [-0.39, 0.29) is 17.7 Å². The van der Waals surface area contributed by atoms with E-state index in [9.17, 15) is 4.79 Å². The van der Waals surface area contributed by atoms with Crippen LogP contribution in [0.3, 0.4) is 0 Å². The lowest BCUT2D eigenvalue weighted by atomic mass is 9.58. The predicted octanol–water partition coefficient (Wildman–Crippen LogP) is 3.12. The summed E-state index contributed by atoms with van der Waals surface area (Å²) in [5.41, 5.74) is 10.2. The molecule has 0 spiro atoms. The summed E-state index contributed by atoms with van der Waals surface area (Å²) in [5, 5.41) is 0. The quantitative estimate of drug-likeness (QED) is 0.803. The topological polar surface area (TPSA) is 43.1 Å². The van der Waals surface area contributed by atoms with Crippen molar-refractivity contribution >= 4 is 17.5 Å². The number of carbonyl (C=O) groups is 1. The Hall–Kier alpha value is -1.80. The minimum Gasteiger partial charge on any atom is -0.369 e. The lowest BCUT2D eigenvalue weighted by Crippen LogP contribution is -2.48. The molecule has 2 aromatic rings. The number of benzene rings is 2. The number of rotatable bonds is 1. The molecule has 0 aliphatic heterocycles. The number of fused-ring (bicyclic) bond motifs is 1. The third-order valence-corrected chi connectivity index (χ3v) is 5.42. The molecule has 0 heterocycles. The van der Waals surface area contributed by atoms with Gasteiger partial charge in [0, 0.05) is 5.92 Å². The van der Waals surface area contributed by atoms with Crippen LogP contribution in [0.4, 0.5) is 0 Å². The first-order valence-corrected chi connectivity index (χ1v) is 7.19. The van der Waals surface area contributed by atoms with Gasteiger partial charge in [-0.2, -0.15) is 0 Å². The zero-order chi connectivity index (χ0) is 13.9. The molecule has 3 aliphatic carbocycles. The zero-order valence-corrected chi connectivity index (χ0v) is 11.6. The van der Waals surface area contributed by atoms with Gasteiger partial charge in [0.2, 0.25) is 5.91 Å². The number of halogens is 1. The summed E-state index contributed by atoms with van der Waals surface area (Å²) in [4.78, 5) is 11.1. The van der Waals surface area contributed by atoms with Crippen molar-refractivity contribution in [3.63, 3.8) is 0 Å². The molecule has 5 rings (SSSR count). The Balaban J connectivity index is 2.09. The molecular formula is C17H14ClNO. The minimum atomic E-state index is -0.812. The average molecular weight is 284 g/mol. The van der Waals surface area contributed by atoms with E-state index in [1.807, 2.05) is 36.4 Å². The van der Waals surface area contributed by atoms with E-state index in [0.29, 0.717) is 6.42 Å². The largest absolute Gasteiger partial charge is 0.369 e. The van der Waals surface area contributed by atoms with Crippen molar-refractivity contribution in [2.75, 3.05) is 0 Å². The van der Waals surface area contributed by atoms with Crippen molar-refractivity contribution in [3.8, 4) is 0 Å². The molecule has 1 unspecified atom stereocenters. The maximum Gasteiger partial charge on any atom is 0.223 e. The second-order valence-corrected chi connectivity index (χ2v) is 6.23. The lowest BCUT2D eigenvalue weighted by Gasteiger charge is -2.49. The van der Waals surface area contributed by atoms with Crippen molar-refractivity contribution < 1.29 is 4.79 Å². The van der Waals surface area contributed by atoms with Crippen LogP contribution >= 0.6 is 11.6 Å². The Morgan fingerprint density at radius 2 is 1.55 bits per heavy atom. The normalized spacial score (nSPS) is 29.6. The van der Waals surface area contributed by atoms with Crippen molar-refractivity contribution in [1.29, 1.82) is 0 Å². The number of primary amides is 1. The van der Waals surface area contributed by atoms with Crippen molar-refractivity contribution in [1.82, 2.24) is 0 Å². The minimum absolute atomic E-state index is 0.223. The third-order valence-electron chi connectivity index (χ3n) is 4.75. The van der Waals surface area contributed by atoms with Gasteiger partial charge in [0.25, 0.3) is 0 Å². The summed E-state index contributed by atoms with van der Waals surface area (Å²) in [5.74, 6) is -0.437. The summed E-state index contributed by atoms with van der Waals surface area (Å²) in [6, 6.07) is 16.3. The van der Waals surface area contributed by atoms with Gasteiger partial charge in [-0.15, -0.1) is 11.6 Å². The fourth-order valence-electron chi connectivity index (χ4n) is 3.92. The molecule has 0 radical (unpaired) electrons. The fourth-order valence-corrected chi connectivity index (χ4v) is 4.46. The maximum atomic E-state index is 11.9. The molecule has 20 heavy (non-hydrogen) atoms. The van der Waals surface area contributed by atoms with E-state index in [4.69, 9.17) is 17.3 Å². The Kier molecular flexibility index (Phi) is 2.31. The highest BCUT2D eigenvalue weighted by Crippen LogP contribution is 2.60. The second kappa shape index (κ2) is 3.86. The highest BCUT2D eigenvalue weighted by atomic mass is 35.5. The number of carbonyl (C=O) groups excluding carboxylic acids is 1. The first-order valence-electron chi connectivity index (χ1n) is 6.81. The Morgan fingerprint density at radius 3 is 2.05 bits per heavy atom. The van der Waals surface area contributed by atoms with Gasteiger partial charge in [0.1, 0.15) is 4.87 Å². The van der Waals surface area contributed by atoms with Crippen LogP contribution in [0.25, 0.3) is 0 Å². The SMILES string of the molecule is NC(=O)C1CC2c3ccccc3C1(Cl)c1ccccc12. The smallest absolute Gasteiger partial charge is 0.223 e. The average Bonchev–Trinajstić information content (AvgIpc) is 2.48.